The van der Waals surface area contributed by atoms with E-state index in [1.807, 2.05) is 13.8 Å². The first-order valence-electron chi connectivity index (χ1n) is 6.40. The largest absolute Gasteiger partial charge is 0.454 e. The van der Waals surface area contributed by atoms with Gasteiger partial charge in [-0.3, -0.25) is 10.1 Å². The third-order valence-corrected chi connectivity index (χ3v) is 3.65. The highest BCUT2D eigenvalue weighted by Gasteiger charge is 2.42. The maximum Gasteiger partial charge on any atom is 0.407 e. The molecular weight excluding hydrogens is 280 g/mol. The lowest BCUT2D eigenvalue weighted by Gasteiger charge is -2.38. The van der Waals surface area contributed by atoms with Crippen molar-refractivity contribution in [1.82, 2.24) is 5.32 Å². The van der Waals surface area contributed by atoms with Gasteiger partial charge in [-0.2, -0.15) is 0 Å². The van der Waals surface area contributed by atoms with Crippen LogP contribution in [0.1, 0.15) is 25.5 Å². The number of benzene rings is 1. The van der Waals surface area contributed by atoms with Crippen LogP contribution in [0.2, 0.25) is 0 Å². The third kappa shape index (κ3) is 2.22. The molecule has 1 aromatic rings. The van der Waals surface area contributed by atoms with Crippen LogP contribution in [-0.2, 0) is 4.74 Å². The molecule has 1 N–H and O–H groups in total. The summed E-state index contributed by atoms with van der Waals surface area (Å²) in [6.07, 6.45) is -0.591. The van der Waals surface area contributed by atoms with Crippen molar-refractivity contribution >= 4 is 11.8 Å². The lowest BCUT2D eigenvalue weighted by molar-refractivity contribution is -0.386. The van der Waals surface area contributed by atoms with Gasteiger partial charge >= 0.3 is 6.09 Å². The van der Waals surface area contributed by atoms with E-state index in [0.29, 0.717) is 17.1 Å². The molecule has 2 aliphatic rings. The Balaban J connectivity index is 2.11. The zero-order valence-corrected chi connectivity index (χ0v) is 11.5. The van der Waals surface area contributed by atoms with Crippen molar-refractivity contribution in [3.63, 3.8) is 0 Å². The molecule has 0 aromatic heterocycles. The van der Waals surface area contributed by atoms with Crippen LogP contribution >= 0.6 is 0 Å². The minimum Gasteiger partial charge on any atom is -0.454 e. The van der Waals surface area contributed by atoms with E-state index in [0.717, 1.165) is 0 Å². The van der Waals surface area contributed by atoms with Gasteiger partial charge in [0.1, 0.15) is 6.61 Å². The second-order valence-electron chi connectivity index (χ2n) is 5.66. The molecule has 2 aliphatic heterocycles. The summed E-state index contributed by atoms with van der Waals surface area (Å²) in [5, 5.41) is 14.0. The monoisotopic (exact) mass is 294 g/mol. The summed E-state index contributed by atoms with van der Waals surface area (Å²) < 4.78 is 15.4. The van der Waals surface area contributed by atoms with Crippen LogP contribution in [0.3, 0.4) is 0 Å². The van der Waals surface area contributed by atoms with Crippen molar-refractivity contribution < 1.29 is 23.9 Å². The number of amides is 1. The number of hydrogen-bond acceptors (Lipinski definition) is 6. The minimum absolute atomic E-state index is 0.0273. The van der Waals surface area contributed by atoms with E-state index in [2.05, 4.69) is 5.32 Å². The fourth-order valence-electron chi connectivity index (χ4n) is 2.52. The predicted molar refractivity (Wildman–Crippen MR) is 70.2 cm³/mol. The first-order chi connectivity index (χ1) is 9.88. The van der Waals surface area contributed by atoms with Crippen molar-refractivity contribution in [2.75, 3.05) is 13.4 Å². The van der Waals surface area contributed by atoms with Crippen molar-refractivity contribution in [3.05, 3.63) is 27.8 Å². The van der Waals surface area contributed by atoms with Gasteiger partial charge in [-0.15, -0.1) is 0 Å². The van der Waals surface area contributed by atoms with Crippen molar-refractivity contribution in [2.24, 2.45) is 5.41 Å². The van der Waals surface area contributed by atoms with Gasteiger partial charge < -0.3 is 19.5 Å². The lowest BCUT2D eigenvalue weighted by atomic mass is 9.79. The minimum atomic E-state index is -0.591. The molecule has 0 aliphatic carbocycles. The molecule has 2 heterocycles. The van der Waals surface area contributed by atoms with Crippen LogP contribution in [-0.4, -0.2) is 24.4 Å². The molecule has 8 heteroatoms. The number of nitro benzene ring substituents is 1. The molecule has 0 unspecified atom stereocenters. The van der Waals surface area contributed by atoms with E-state index < -0.39 is 22.5 Å². The molecule has 21 heavy (non-hydrogen) atoms. The molecule has 0 bridgehead atoms. The Hall–Kier alpha value is -2.51. The molecule has 0 radical (unpaired) electrons. The average molecular weight is 294 g/mol. The first kappa shape index (κ1) is 13.5. The van der Waals surface area contributed by atoms with Crippen LogP contribution < -0.4 is 14.8 Å². The SMILES string of the molecule is CC1(C)COC(=O)N[C@H]1c1cc2c(cc1[N+](=O)[O-])OCO2. The van der Waals surface area contributed by atoms with Gasteiger partial charge in [0.05, 0.1) is 22.6 Å². The summed E-state index contributed by atoms with van der Waals surface area (Å²) in [5.74, 6) is 0.772. The normalized spacial score (nSPS) is 22.4. The second-order valence-corrected chi connectivity index (χ2v) is 5.66. The van der Waals surface area contributed by atoms with Crippen LogP contribution in [0, 0.1) is 15.5 Å². The Morgan fingerprint density at radius 3 is 2.62 bits per heavy atom. The molecule has 3 rings (SSSR count). The summed E-state index contributed by atoms with van der Waals surface area (Å²) in [7, 11) is 0. The highest BCUT2D eigenvalue weighted by Crippen LogP contribution is 2.45. The average Bonchev–Trinajstić information content (AvgIpc) is 2.87. The zero-order valence-electron chi connectivity index (χ0n) is 11.5. The molecular formula is C13H14N2O6. The number of nitro groups is 1. The number of nitrogens with one attached hydrogen (secondary N) is 1. The first-order valence-corrected chi connectivity index (χ1v) is 6.40. The highest BCUT2D eigenvalue weighted by atomic mass is 16.7. The summed E-state index contributed by atoms with van der Waals surface area (Å²) in [6.45, 7) is 3.94. The predicted octanol–water partition coefficient (Wildman–Crippen LogP) is 2.13. The van der Waals surface area contributed by atoms with Gasteiger partial charge in [-0.25, -0.2) is 4.79 Å². The number of hydrogen-bond donors (Lipinski definition) is 1. The Kier molecular flexibility index (Phi) is 2.89. The van der Waals surface area contributed by atoms with E-state index in [-0.39, 0.29) is 19.1 Å². The number of nitrogens with zero attached hydrogens (tertiary/aromatic N) is 1. The summed E-state index contributed by atoms with van der Waals surface area (Å²) >= 11 is 0. The highest BCUT2D eigenvalue weighted by molar-refractivity contribution is 5.70. The second kappa shape index (κ2) is 4.51. The number of ether oxygens (including phenoxy) is 3. The van der Waals surface area contributed by atoms with Gasteiger partial charge in [0, 0.05) is 5.41 Å². The van der Waals surface area contributed by atoms with Gasteiger partial charge in [0.15, 0.2) is 11.5 Å². The maximum absolute atomic E-state index is 11.5. The molecule has 0 spiro atoms. The smallest absolute Gasteiger partial charge is 0.407 e. The van der Waals surface area contributed by atoms with Gasteiger partial charge in [-0.1, -0.05) is 13.8 Å². The number of carbonyl (C=O) groups excluding carboxylic acids is 1. The van der Waals surface area contributed by atoms with Crippen LogP contribution in [0.5, 0.6) is 11.5 Å². The molecule has 1 fully saturated rings. The van der Waals surface area contributed by atoms with Crippen LogP contribution in [0.4, 0.5) is 10.5 Å². The Labute approximate surface area is 120 Å². The van der Waals surface area contributed by atoms with E-state index >= 15 is 0 Å². The molecule has 1 saturated heterocycles. The maximum atomic E-state index is 11.5. The zero-order chi connectivity index (χ0) is 15.2. The molecule has 1 atom stereocenters. The number of fused-ring (bicyclic) bond motifs is 1. The van der Waals surface area contributed by atoms with Crippen molar-refractivity contribution in [1.29, 1.82) is 0 Å². The molecule has 112 valence electrons. The standard InChI is InChI=1S/C13H14N2O6/c1-13(2)5-19-12(16)14-11(13)7-3-9-10(21-6-20-9)4-8(7)15(17)18/h3-4,11H,5-6H2,1-2H3,(H,14,16)/t11-/m0/s1. The Morgan fingerprint density at radius 2 is 1.95 bits per heavy atom. The number of carbonyl (C=O) groups is 1. The third-order valence-electron chi connectivity index (χ3n) is 3.65. The van der Waals surface area contributed by atoms with E-state index in [4.69, 9.17) is 14.2 Å². The Bertz CT molecular complexity index is 627. The summed E-state index contributed by atoms with van der Waals surface area (Å²) in [4.78, 5) is 22.3. The van der Waals surface area contributed by atoms with Gasteiger partial charge in [0.2, 0.25) is 6.79 Å². The summed E-state index contributed by atoms with van der Waals surface area (Å²) in [5.41, 5.74) is -0.225. The van der Waals surface area contributed by atoms with Crippen LogP contribution in [0.15, 0.2) is 12.1 Å². The van der Waals surface area contributed by atoms with Gasteiger partial charge in [-0.05, 0) is 6.07 Å². The number of alkyl carbamates (subject to hydrolysis) is 1. The molecule has 1 aromatic carbocycles. The van der Waals surface area contributed by atoms with E-state index in [1.165, 1.54) is 6.07 Å². The van der Waals surface area contributed by atoms with Crippen LogP contribution in [0.25, 0.3) is 0 Å². The lowest BCUT2D eigenvalue weighted by Crippen LogP contribution is -2.47. The fraction of sp³-hybridized carbons (Fsp3) is 0.462. The fourth-order valence-corrected chi connectivity index (χ4v) is 2.52. The van der Waals surface area contributed by atoms with E-state index in [1.54, 1.807) is 6.07 Å². The van der Waals surface area contributed by atoms with Gasteiger partial charge in [0.25, 0.3) is 5.69 Å². The summed E-state index contributed by atoms with van der Waals surface area (Å²) in [6, 6.07) is 2.34. The number of rotatable bonds is 2. The molecule has 1 amide bonds. The topological polar surface area (TPSA) is 99.9 Å². The molecule has 8 nitrogen and oxygen atoms in total. The van der Waals surface area contributed by atoms with Crippen molar-refractivity contribution in [3.8, 4) is 11.5 Å². The molecule has 0 saturated carbocycles. The Morgan fingerprint density at radius 1 is 1.29 bits per heavy atom. The van der Waals surface area contributed by atoms with E-state index in [9.17, 15) is 14.9 Å². The number of cyclic esters (lactones) is 1. The quantitative estimate of drug-likeness (QED) is 0.662. The van der Waals surface area contributed by atoms with Crippen molar-refractivity contribution in [2.45, 2.75) is 19.9 Å².